The monoisotopic (exact) mass is 284 g/mol. The fraction of sp³-hybridized carbons (Fsp3) is 0.389. The van der Waals surface area contributed by atoms with E-state index in [1.54, 1.807) is 0 Å². The summed E-state index contributed by atoms with van der Waals surface area (Å²) in [6, 6.07) is 8.28. The molecular weight excluding hydrogens is 260 g/mol. The molecule has 0 saturated heterocycles. The van der Waals surface area contributed by atoms with Gasteiger partial charge in [-0.25, -0.2) is 4.98 Å². The molecule has 0 fully saturated rings. The zero-order valence-electron chi connectivity index (χ0n) is 13.4. The fourth-order valence-corrected chi connectivity index (χ4v) is 2.26. The number of hydrogen-bond acceptors (Lipinski definition) is 3. The Hall–Kier alpha value is -2.03. The highest BCUT2D eigenvalue weighted by molar-refractivity contribution is 5.45. The van der Waals surface area contributed by atoms with Crippen LogP contribution in [0.25, 0.3) is 0 Å². The third kappa shape index (κ3) is 3.97. The molecule has 1 aromatic heterocycles. The third-order valence-corrected chi connectivity index (χ3v) is 3.58. The SMILES string of the molecule is CCCNc1ncccc1COc1cc(C)cc(C)c1C. The Morgan fingerprint density at radius 1 is 1.19 bits per heavy atom. The summed E-state index contributed by atoms with van der Waals surface area (Å²) < 4.78 is 6.03. The number of aryl methyl sites for hydroxylation is 2. The molecular formula is C18H24N2O. The van der Waals surface area contributed by atoms with E-state index in [2.05, 4.69) is 56.2 Å². The molecule has 112 valence electrons. The van der Waals surface area contributed by atoms with Gasteiger partial charge in [-0.2, -0.15) is 0 Å². The van der Waals surface area contributed by atoms with Crippen LogP contribution >= 0.6 is 0 Å². The third-order valence-electron chi connectivity index (χ3n) is 3.58. The molecule has 21 heavy (non-hydrogen) atoms. The molecule has 0 bridgehead atoms. The molecule has 0 saturated carbocycles. The van der Waals surface area contributed by atoms with Gasteiger partial charge in [-0.15, -0.1) is 0 Å². The van der Waals surface area contributed by atoms with Crippen LogP contribution in [-0.4, -0.2) is 11.5 Å². The Morgan fingerprint density at radius 2 is 2.00 bits per heavy atom. The summed E-state index contributed by atoms with van der Waals surface area (Å²) in [7, 11) is 0. The van der Waals surface area contributed by atoms with Crippen LogP contribution in [0.15, 0.2) is 30.5 Å². The topological polar surface area (TPSA) is 34.2 Å². The predicted octanol–water partition coefficient (Wildman–Crippen LogP) is 4.41. The maximum absolute atomic E-state index is 6.03. The van der Waals surface area contributed by atoms with Crippen molar-refractivity contribution < 1.29 is 4.74 Å². The minimum Gasteiger partial charge on any atom is -0.488 e. The molecule has 1 heterocycles. The van der Waals surface area contributed by atoms with Crippen LogP contribution in [0.3, 0.4) is 0 Å². The van der Waals surface area contributed by atoms with E-state index in [4.69, 9.17) is 4.74 Å². The van der Waals surface area contributed by atoms with Gasteiger partial charge in [0.05, 0.1) is 0 Å². The van der Waals surface area contributed by atoms with Gasteiger partial charge in [-0.05, 0) is 56.0 Å². The molecule has 0 unspecified atom stereocenters. The summed E-state index contributed by atoms with van der Waals surface area (Å²) >= 11 is 0. The smallest absolute Gasteiger partial charge is 0.132 e. The average Bonchev–Trinajstić information content (AvgIpc) is 2.48. The van der Waals surface area contributed by atoms with Crippen molar-refractivity contribution in [3.05, 3.63) is 52.7 Å². The van der Waals surface area contributed by atoms with E-state index in [0.29, 0.717) is 6.61 Å². The molecule has 0 aliphatic carbocycles. The molecule has 3 heteroatoms. The van der Waals surface area contributed by atoms with E-state index in [1.165, 1.54) is 16.7 Å². The first-order valence-electron chi connectivity index (χ1n) is 7.50. The van der Waals surface area contributed by atoms with Gasteiger partial charge in [-0.1, -0.05) is 19.1 Å². The summed E-state index contributed by atoms with van der Waals surface area (Å²) in [5, 5.41) is 3.35. The minimum absolute atomic E-state index is 0.531. The van der Waals surface area contributed by atoms with Gasteiger partial charge >= 0.3 is 0 Å². The number of nitrogens with zero attached hydrogens (tertiary/aromatic N) is 1. The van der Waals surface area contributed by atoms with Crippen molar-refractivity contribution in [3.63, 3.8) is 0 Å². The molecule has 0 atom stereocenters. The number of ether oxygens (including phenoxy) is 1. The van der Waals surface area contributed by atoms with Gasteiger partial charge in [0.2, 0.25) is 0 Å². The maximum atomic E-state index is 6.03. The normalized spacial score (nSPS) is 10.5. The van der Waals surface area contributed by atoms with E-state index in [0.717, 1.165) is 30.1 Å². The van der Waals surface area contributed by atoms with Gasteiger partial charge in [0.1, 0.15) is 18.2 Å². The van der Waals surface area contributed by atoms with E-state index < -0.39 is 0 Å². The van der Waals surface area contributed by atoms with Crippen molar-refractivity contribution in [1.82, 2.24) is 4.98 Å². The van der Waals surface area contributed by atoms with Gasteiger partial charge < -0.3 is 10.1 Å². The van der Waals surface area contributed by atoms with Gasteiger partial charge in [0.25, 0.3) is 0 Å². The lowest BCUT2D eigenvalue weighted by Gasteiger charge is -2.14. The molecule has 2 rings (SSSR count). The van der Waals surface area contributed by atoms with E-state index >= 15 is 0 Å². The van der Waals surface area contributed by atoms with Gasteiger partial charge in [-0.3, -0.25) is 0 Å². The van der Waals surface area contributed by atoms with Crippen molar-refractivity contribution in [2.24, 2.45) is 0 Å². The lowest BCUT2D eigenvalue weighted by atomic mass is 10.1. The van der Waals surface area contributed by atoms with Crippen molar-refractivity contribution in [1.29, 1.82) is 0 Å². The summed E-state index contributed by atoms with van der Waals surface area (Å²) in [5.74, 6) is 1.87. The summed E-state index contributed by atoms with van der Waals surface area (Å²) in [6.45, 7) is 9.91. The van der Waals surface area contributed by atoms with Crippen LogP contribution in [-0.2, 0) is 6.61 Å². The molecule has 0 radical (unpaired) electrons. The number of aromatic nitrogens is 1. The Bertz CT molecular complexity index is 608. The Labute approximate surface area is 127 Å². The molecule has 0 aliphatic rings. The van der Waals surface area contributed by atoms with Crippen LogP contribution in [0.5, 0.6) is 5.75 Å². The Balaban J connectivity index is 2.13. The molecule has 0 aliphatic heterocycles. The van der Waals surface area contributed by atoms with Crippen LogP contribution in [0, 0.1) is 20.8 Å². The van der Waals surface area contributed by atoms with Gasteiger partial charge in [0, 0.05) is 18.3 Å². The first-order valence-corrected chi connectivity index (χ1v) is 7.50. The lowest BCUT2D eigenvalue weighted by Crippen LogP contribution is -2.07. The van der Waals surface area contributed by atoms with Crippen molar-refractivity contribution in [2.45, 2.75) is 40.7 Å². The molecule has 1 aromatic carbocycles. The summed E-state index contributed by atoms with van der Waals surface area (Å²) in [4.78, 5) is 4.39. The van der Waals surface area contributed by atoms with E-state index in [9.17, 15) is 0 Å². The number of hydrogen-bond donors (Lipinski definition) is 1. The maximum Gasteiger partial charge on any atom is 0.132 e. The number of benzene rings is 1. The number of pyridine rings is 1. The number of rotatable bonds is 6. The summed E-state index contributed by atoms with van der Waals surface area (Å²) in [6.07, 6.45) is 2.89. The summed E-state index contributed by atoms with van der Waals surface area (Å²) in [5.41, 5.74) is 4.78. The second kappa shape index (κ2) is 7.11. The van der Waals surface area contributed by atoms with Crippen LogP contribution in [0.4, 0.5) is 5.82 Å². The van der Waals surface area contributed by atoms with Crippen molar-refractivity contribution in [2.75, 3.05) is 11.9 Å². The van der Waals surface area contributed by atoms with Gasteiger partial charge in [0.15, 0.2) is 0 Å². The molecule has 2 aromatic rings. The van der Waals surface area contributed by atoms with Crippen molar-refractivity contribution >= 4 is 5.82 Å². The zero-order valence-corrected chi connectivity index (χ0v) is 13.4. The standard InChI is InChI=1S/C18H24N2O/c1-5-8-19-18-16(7-6-9-20-18)12-21-17-11-13(2)10-14(3)15(17)4/h6-7,9-11H,5,8,12H2,1-4H3,(H,19,20). The fourth-order valence-electron chi connectivity index (χ4n) is 2.26. The Morgan fingerprint density at radius 3 is 2.76 bits per heavy atom. The highest BCUT2D eigenvalue weighted by atomic mass is 16.5. The van der Waals surface area contributed by atoms with E-state index in [1.807, 2.05) is 12.3 Å². The first kappa shape index (κ1) is 15.4. The molecule has 1 N–H and O–H groups in total. The van der Waals surface area contributed by atoms with Crippen molar-refractivity contribution in [3.8, 4) is 5.75 Å². The Kier molecular flexibility index (Phi) is 5.20. The average molecular weight is 284 g/mol. The zero-order chi connectivity index (χ0) is 15.2. The van der Waals surface area contributed by atoms with Crippen LogP contribution < -0.4 is 10.1 Å². The van der Waals surface area contributed by atoms with Crippen LogP contribution in [0.1, 0.15) is 35.6 Å². The quantitative estimate of drug-likeness (QED) is 0.853. The minimum atomic E-state index is 0.531. The predicted molar refractivity (Wildman–Crippen MR) is 88.0 cm³/mol. The molecule has 0 spiro atoms. The lowest BCUT2D eigenvalue weighted by molar-refractivity contribution is 0.304. The first-order chi connectivity index (χ1) is 10.1. The number of nitrogens with one attached hydrogen (secondary N) is 1. The molecule has 0 amide bonds. The highest BCUT2D eigenvalue weighted by Gasteiger charge is 2.07. The molecule has 3 nitrogen and oxygen atoms in total. The second-order valence-corrected chi connectivity index (χ2v) is 5.43. The highest BCUT2D eigenvalue weighted by Crippen LogP contribution is 2.25. The number of anilines is 1. The second-order valence-electron chi connectivity index (χ2n) is 5.43. The van der Waals surface area contributed by atoms with E-state index in [-0.39, 0.29) is 0 Å². The van der Waals surface area contributed by atoms with Crippen LogP contribution in [0.2, 0.25) is 0 Å². The largest absolute Gasteiger partial charge is 0.488 e.